The molecule has 4 nitrogen and oxygen atoms in total. The van der Waals surface area contributed by atoms with Crippen LogP contribution in [0.15, 0.2) is 109 Å². The number of benzene rings is 3. The quantitative estimate of drug-likeness (QED) is 0.231. The summed E-state index contributed by atoms with van der Waals surface area (Å²) in [6.45, 7) is 10.1. The summed E-state index contributed by atoms with van der Waals surface area (Å²) >= 11 is 0. The molecular weight excluding hydrogens is 506 g/mol. The molecule has 1 atom stereocenters. The second-order valence-electron chi connectivity index (χ2n) is 10.7. The van der Waals surface area contributed by atoms with E-state index in [-0.39, 0.29) is 0 Å². The number of carbonyl (C=O) groups is 1. The SMILES string of the molecule is C=C(C)/C(=C\C=C/C/C=C/c1ccc(CN2CCCC[C@H]2C(=O)O)c(OCc2ccccc2C)c1)c1ccccc1. The Labute approximate surface area is 245 Å². The third kappa shape index (κ3) is 8.67. The van der Waals surface area contributed by atoms with Gasteiger partial charge in [0.15, 0.2) is 0 Å². The molecule has 0 aliphatic carbocycles. The highest BCUT2D eigenvalue weighted by atomic mass is 16.5. The molecule has 1 aliphatic rings. The minimum atomic E-state index is -0.742. The lowest BCUT2D eigenvalue weighted by Crippen LogP contribution is -2.44. The molecule has 1 fully saturated rings. The minimum absolute atomic E-state index is 0.444. The summed E-state index contributed by atoms with van der Waals surface area (Å²) in [7, 11) is 0. The fraction of sp³-hybridized carbons (Fsp3) is 0.270. The van der Waals surface area contributed by atoms with Crippen LogP contribution in [0.3, 0.4) is 0 Å². The first kappa shape index (κ1) is 29.8. The smallest absolute Gasteiger partial charge is 0.320 e. The Morgan fingerprint density at radius 3 is 2.56 bits per heavy atom. The second-order valence-corrected chi connectivity index (χ2v) is 10.7. The molecule has 0 bridgehead atoms. The Kier molecular flexibility index (Phi) is 10.9. The van der Waals surface area contributed by atoms with E-state index < -0.39 is 12.0 Å². The Bertz CT molecular complexity index is 1420. The largest absolute Gasteiger partial charge is 0.489 e. The van der Waals surface area contributed by atoms with Crippen LogP contribution in [0.25, 0.3) is 11.6 Å². The lowest BCUT2D eigenvalue weighted by Gasteiger charge is -2.33. The van der Waals surface area contributed by atoms with Gasteiger partial charge in [0.25, 0.3) is 0 Å². The average Bonchev–Trinajstić information content (AvgIpc) is 2.97. The van der Waals surface area contributed by atoms with Crippen LogP contribution in [0.1, 0.15) is 60.4 Å². The summed E-state index contributed by atoms with van der Waals surface area (Å²) in [5.41, 5.74) is 7.74. The number of carboxylic acids is 1. The number of allylic oxidation sites excluding steroid dienone is 6. The highest BCUT2D eigenvalue weighted by Crippen LogP contribution is 2.28. The van der Waals surface area contributed by atoms with Crippen molar-refractivity contribution >= 4 is 17.6 Å². The Balaban J connectivity index is 1.48. The number of aliphatic carboxylic acids is 1. The summed E-state index contributed by atoms with van der Waals surface area (Å²) in [5, 5.41) is 9.76. The number of aryl methyl sites for hydroxylation is 1. The van der Waals surface area contributed by atoms with Crippen LogP contribution in [0, 0.1) is 6.92 Å². The number of ether oxygens (including phenoxy) is 1. The summed E-state index contributed by atoms with van der Waals surface area (Å²) in [4.78, 5) is 14.0. The van der Waals surface area contributed by atoms with Crippen molar-refractivity contribution in [3.8, 4) is 5.75 Å². The maximum Gasteiger partial charge on any atom is 0.320 e. The van der Waals surface area contributed by atoms with Gasteiger partial charge in [-0.15, -0.1) is 0 Å². The molecule has 212 valence electrons. The van der Waals surface area contributed by atoms with Crippen molar-refractivity contribution in [2.45, 2.75) is 58.7 Å². The molecule has 0 unspecified atom stereocenters. The summed E-state index contributed by atoms with van der Waals surface area (Å²) in [6, 6.07) is 24.3. The molecule has 1 saturated heterocycles. The van der Waals surface area contributed by atoms with Crippen LogP contribution in [-0.2, 0) is 17.9 Å². The van der Waals surface area contributed by atoms with E-state index in [1.54, 1.807) is 0 Å². The van der Waals surface area contributed by atoms with Gasteiger partial charge in [-0.2, -0.15) is 0 Å². The lowest BCUT2D eigenvalue weighted by atomic mass is 10.00. The van der Waals surface area contributed by atoms with Crippen LogP contribution in [0.4, 0.5) is 0 Å². The van der Waals surface area contributed by atoms with Crippen LogP contribution >= 0.6 is 0 Å². The third-order valence-corrected chi connectivity index (χ3v) is 7.53. The lowest BCUT2D eigenvalue weighted by molar-refractivity contribution is -0.144. The van der Waals surface area contributed by atoms with E-state index in [9.17, 15) is 9.90 Å². The number of hydrogen-bond acceptors (Lipinski definition) is 3. The van der Waals surface area contributed by atoms with Gasteiger partial charge in [-0.25, -0.2) is 0 Å². The maximum absolute atomic E-state index is 11.9. The fourth-order valence-corrected chi connectivity index (χ4v) is 5.17. The molecular formula is C37H41NO3. The zero-order valence-electron chi connectivity index (χ0n) is 24.3. The first-order chi connectivity index (χ1) is 19.9. The van der Waals surface area contributed by atoms with Crippen LogP contribution in [0.2, 0.25) is 0 Å². The number of nitrogens with zero attached hydrogens (tertiary/aromatic N) is 1. The van der Waals surface area contributed by atoms with Gasteiger partial charge in [-0.3, -0.25) is 9.69 Å². The van der Waals surface area contributed by atoms with Gasteiger partial charge in [-0.05, 0) is 73.5 Å². The molecule has 41 heavy (non-hydrogen) atoms. The molecule has 1 heterocycles. The van der Waals surface area contributed by atoms with Gasteiger partial charge >= 0.3 is 5.97 Å². The molecule has 1 aliphatic heterocycles. The van der Waals surface area contributed by atoms with Gasteiger partial charge in [0.05, 0.1) is 0 Å². The molecule has 0 aromatic heterocycles. The minimum Gasteiger partial charge on any atom is -0.489 e. The summed E-state index contributed by atoms with van der Waals surface area (Å²) in [5.74, 6) is 0.0613. The second kappa shape index (κ2) is 15.0. The van der Waals surface area contributed by atoms with E-state index in [0.717, 1.165) is 65.0 Å². The van der Waals surface area contributed by atoms with Gasteiger partial charge in [0.2, 0.25) is 0 Å². The summed E-state index contributed by atoms with van der Waals surface area (Å²) in [6.07, 6.45) is 14.0. The van der Waals surface area contributed by atoms with E-state index in [4.69, 9.17) is 4.74 Å². The molecule has 3 aromatic carbocycles. The molecule has 1 N–H and O–H groups in total. The molecule has 4 rings (SSSR count). The zero-order valence-corrected chi connectivity index (χ0v) is 24.3. The van der Waals surface area contributed by atoms with E-state index in [0.29, 0.717) is 19.6 Å². The van der Waals surface area contributed by atoms with Gasteiger partial charge < -0.3 is 9.84 Å². The number of hydrogen-bond donors (Lipinski definition) is 1. The van der Waals surface area contributed by atoms with Crippen LogP contribution in [0.5, 0.6) is 5.75 Å². The standard InChI is InChI=1S/C37H41NO3/c1-28(2)34(31-17-8-6-9-18-31)20-10-5-4-7-16-30-22-23-32(26-38-24-14-13-21-35(38)37(39)40)36(25-30)41-27-33-19-12-11-15-29(33)3/h5-12,15-20,22-23,25,35H,1,4,13-14,21,24,26-27H2,2-3H3,(H,39,40)/b10-5-,16-7+,34-20+/t35-/m0/s1. The van der Waals surface area contributed by atoms with Crippen molar-refractivity contribution in [2.24, 2.45) is 0 Å². The predicted octanol–water partition coefficient (Wildman–Crippen LogP) is 8.63. The van der Waals surface area contributed by atoms with Crippen molar-refractivity contribution in [2.75, 3.05) is 6.54 Å². The highest BCUT2D eigenvalue weighted by molar-refractivity contribution is 5.78. The van der Waals surface area contributed by atoms with Gasteiger partial charge in [0, 0.05) is 12.1 Å². The molecule has 0 spiro atoms. The highest BCUT2D eigenvalue weighted by Gasteiger charge is 2.29. The first-order valence-electron chi connectivity index (χ1n) is 14.4. The number of rotatable bonds is 12. The monoisotopic (exact) mass is 547 g/mol. The van der Waals surface area contributed by atoms with Crippen molar-refractivity contribution < 1.29 is 14.6 Å². The van der Waals surface area contributed by atoms with Crippen molar-refractivity contribution in [1.82, 2.24) is 4.90 Å². The first-order valence-corrected chi connectivity index (χ1v) is 14.4. The Morgan fingerprint density at radius 1 is 1.02 bits per heavy atom. The van der Waals surface area contributed by atoms with Crippen molar-refractivity contribution in [3.63, 3.8) is 0 Å². The normalized spacial score (nSPS) is 16.3. The molecule has 0 radical (unpaired) electrons. The molecule has 0 amide bonds. The topological polar surface area (TPSA) is 49.8 Å². The van der Waals surface area contributed by atoms with Crippen molar-refractivity contribution in [1.29, 1.82) is 0 Å². The number of likely N-dealkylation sites (tertiary alicyclic amines) is 1. The van der Waals surface area contributed by atoms with E-state index in [1.165, 1.54) is 5.56 Å². The zero-order chi connectivity index (χ0) is 29.0. The van der Waals surface area contributed by atoms with Crippen LogP contribution in [-0.4, -0.2) is 28.6 Å². The van der Waals surface area contributed by atoms with E-state index >= 15 is 0 Å². The number of carboxylic acid groups (broad SMARTS) is 1. The van der Waals surface area contributed by atoms with Gasteiger partial charge in [-0.1, -0.05) is 116 Å². The van der Waals surface area contributed by atoms with Gasteiger partial charge in [0.1, 0.15) is 18.4 Å². The Morgan fingerprint density at radius 2 is 1.80 bits per heavy atom. The van der Waals surface area contributed by atoms with Crippen molar-refractivity contribution in [3.05, 3.63) is 137 Å². The van der Waals surface area contributed by atoms with Crippen LogP contribution < -0.4 is 4.74 Å². The molecule has 3 aromatic rings. The third-order valence-electron chi connectivity index (χ3n) is 7.53. The fourth-order valence-electron chi connectivity index (χ4n) is 5.17. The molecule has 4 heteroatoms. The number of piperidine rings is 1. The molecule has 0 saturated carbocycles. The van der Waals surface area contributed by atoms with E-state index in [2.05, 4.69) is 91.2 Å². The Hall–Kier alpha value is -4.15. The average molecular weight is 548 g/mol. The maximum atomic E-state index is 11.9. The predicted molar refractivity (Wildman–Crippen MR) is 170 cm³/mol. The summed E-state index contributed by atoms with van der Waals surface area (Å²) < 4.78 is 6.38. The van der Waals surface area contributed by atoms with E-state index in [1.807, 2.05) is 37.3 Å².